The highest BCUT2D eigenvalue weighted by atomic mass is 35.5. The second kappa shape index (κ2) is 5.95. The molecule has 19 heavy (non-hydrogen) atoms. The van der Waals surface area contributed by atoms with Gasteiger partial charge in [-0.1, -0.05) is 37.0 Å². The van der Waals surface area contributed by atoms with Crippen molar-refractivity contribution in [3.8, 4) is 5.69 Å². The number of imidazole rings is 1. The number of hydrogen-bond donors (Lipinski definition) is 1. The molecule has 0 bridgehead atoms. The Morgan fingerprint density at radius 3 is 2.68 bits per heavy atom. The van der Waals surface area contributed by atoms with Crippen LogP contribution < -0.4 is 5.73 Å². The van der Waals surface area contributed by atoms with Gasteiger partial charge in [0.2, 0.25) is 0 Å². The van der Waals surface area contributed by atoms with Crippen molar-refractivity contribution in [2.24, 2.45) is 11.7 Å². The molecule has 0 saturated heterocycles. The van der Waals surface area contributed by atoms with Gasteiger partial charge in [-0.25, -0.2) is 4.98 Å². The molecule has 0 amide bonds. The van der Waals surface area contributed by atoms with Gasteiger partial charge < -0.3 is 10.3 Å². The van der Waals surface area contributed by atoms with E-state index in [1.807, 2.05) is 10.6 Å². The first-order chi connectivity index (χ1) is 8.99. The number of nitrogens with zero attached hydrogens (tertiary/aromatic N) is 2. The Hall–Kier alpha value is -1.03. The number of halogens is 2. The van der Waals surface area contributed by atoms with E-state index in [1.165, 1.54) is 0 Å². The van der Waals surface area contributed by atoms with Crippen LogP contribution in [0.5, 0.6) is 0 Å². The van der Waals surface area contributed by atoms with Crippen molar-refractivity contribution in [3.63, 3.8) is 0 Å². The molecule has 5 heteroatoms. The normalized spacial score (nSPS) is 12.9. The van der Waals surface area contributed by atoms with Crippen LogP contribution in [0.4, 0.5) is 0 Å². The summed E-state index contributed by atoms with van der Waals surface area (Å²) in [5, 5.41) is 1.20. The van der Waals surface area contributed by atoms with Crippen molar-refractivity contribution in [2.45, 2.75) is 26.3 Å². The molecule has 1 atom stereocenters. The van der Waals surface area contributed by atoms with E-state index in [2.05, 4.69) is 18.8 Å². The Morgan fingerprint density at radius 1 is 1.32 bits per heavy atom. The zero-order valence-electron chi connectivity index (χ0n) is 11.0. The molecule has 0 aliphatic carbocycles. The Kier molecular flexibility index (Phi) is 4.50. The second-order valence-electron chi connectivity index (χ2n) is 5.02. The van der Waals surface area contributed by atoms with E-state index in [0.29, 0.717) is 16.0 Å². The number of aromatic nitrogens is 2. The van der Waals surface area contributed by atoms with Gasteiger partial charge in [-0.3, -0.25) is 0 Å². The first-order valence-electron chi connectivity index (χ1n) is 6.22. The first-order valence-corrected chi connectivity index (χ1v) is 6.98. The van der Waals surface area contributed by atoms with Gasteiger partial charge in [0.15, 0.2) is 0 Å². The van der Waals surface area contributed by atoms with Crippen molar-refractivity contribution >= 4 is 23.2 Å². The Bertz CT molecular complexity index is 564. The van der Waals surface area contributed by atoms with E-state index >= 15 is 0 Å². The van der Waals surface area contributed by atoms with Crippen molar-refractivity contribution in [3.05, 3.63) is 46.5 Å². The smallest absolute Gasteiger partial charge is 0.0995 e. The molecule has 1 aromatic heterocycles. The SMILES string of the molecule is CC(C)CC(N)c1cncn1-c1ccc(Cl)cc1Cl. The average molecular weight is 298 g/mol. The lowest BCUT2D eigenvalue weighted by molar-refractivity contribution is 0.498. The summed E-state index contributed by atoms with van der Waals surface area (Å²) < 4.78 is 1.92. The fraction of sp³-hybridized carbons (Fsp3) is 0.357. The van der Waals surface area contributed by atoms with Crippen LogP contribution in [0.25, 0.3) is 5.69 Å². The molecule has 0 aliphatic heterocycles. The third-order valence-electron chi connectivity index (χ3n) is 2.94. The molecule has 1 heterocycles. The van der Waals surface area contributed by atoms with Gasteiger partial charge in [0.25, 0.3) is 0 Å². The van der Waals surface area contributed by atoms with Gasteiger partial charge in [-0.05, 0) is 30.5 Å². The number of rotatable bonds is 4. The maximum Gasteiger partial charge on any atom is 0.0995 e. The summed E-state index contributed by atoms with van der Waals surface area (Å²) in [5.74, 6) is 0.527. The molecule has 0 fully saturated rings. The molecule has 2 N–H and O–H groups in total. The average Bonchev–Trinajstić information content (AvgIpc) is 2.76. The topological polar surface area (TPSA) is 43.8 Å². The lowest BCUT2D eigenvalue weighted by Crippen LogP contribution is -2.16. The zero-order chi connectivity index (χ0) is 14.0. The van der Waals surface area contributed by atoms with Gasteiger partial charge in [-0.15, -0.1) is 0 Å². The zero-order valence-corrected chi connectivity index (χ0v) is 12.5. The molecule has 1 unspecified atom stereocenters. The minimum absolute atomic E-state index is 0.0609. The van der Waals surface area contributed by atoms with E-state index in [4.69, 9.17) is 28.9 Å². The summed E-state index contributed by atoms with van der Waals surface area (Å²) in [6, 6.07) is 5.34. The fourth-order valence-electron chi connectivity index (χ4n) is 2.09. The van der Waals surface area contributed by atoms with Crippen LogP contribution in [0.15, 0.2) is 30.7 Å². The van der Waals surface area contributed by atoms with Crippen LogP contribution in [0.3, 0.4) is 0 Å². The predicted molar refractivity (Wildman–Crippen MR) is 80.0 cm³/mol. The van der Waals surface area contributed by atoms with Gasteiger partial charge in [0.05, 0.1) is 28.9 Å². The molecule has 2 rings (SSSR count). The summed E-state index contributed by atoms with van der Waals surface area (Å²) in [7, 11) is 0. The monoisotopic (exact) mass is 297 g/mol. The highest BCUT2D eigenvalue weighted by Crippen LogP contribution is 2.28. The Labute approximate surface area is 123 Å². The minimum atomic E-state index is -0.0609. The third-order valence-corrected chi connectivity index (χ3v) is 3.48. The molecule has 0 aliphatic rings. The summed E-state index contributed by atoms with van der Waals surface area (Å²) in [4.78, 5) is 4.18. The van der Waals surface area contributed by atoms with Gasteiger partial charge >= 0.3 is 0 Å². The van der Waals surface area contributed by atoms with E-state index < -0.39 is 0 Å². The quantitative estimate of drug-likeness (QED) is 0.918. The molecule has 2 aromatic rings. The van der Waals surface area contributed by atoms with Gasteiger partial charge in [-0.2, -0.15) is 0 Å². The van der Waals surface area contributed by atoms with Crippen LogP contribution in [-0.4, -0.2) is 9.55 Å². The largest absolute Gasteiger partial charge is 0.323 e. The minimum Gasteiger partial charge on any atom is -0.323 e. The number of hydrogen-bond acceptors (Lipinski definition) is 2. The van der Waals surface area contributed by atoms with Gasteiger partial charge in [0, 0.05) is 11.1 Å². The van der Waals surface area contributed by atoms with Crippen molar-refractivity contribution in [1.29, 1.82) is 0 Å². The van der Waals surface area contributed by atoms with Crippen LogP contribution >= 0.6 is 23.2 Å². The second-order valence-corrected chi connectivity index (χ2v) is 5.86. The molecular formula is C14H17Cl2N3. The Balaban J connectivity index is 2.38. The summed E-state index contributed by atoms with van der Waals surface area (Å²) in [6.45, 7) is 4.30. The Morgan fingerprint density at radius 2 is 2.05 bits per heavy atom. The maximum absolute atomic E-state index is 6.23. The summed E-state index contributed by atoms with van der Waals surface area (Å²) in [6.07, 6.45) is 4.42. The van der Waals surface area contributed by atoms with Crippen LogP contribution in [0.2, 0.25) is 10.0 Å². The van der Waals surface area contributed by atoms with Crippen molar-refractivity contribution in [2.75, 3.05) is 0 Å². The maximum atomic E-state index is 6.23. The molecule has 0 saturated carbocycles. The summed E-state index contributed by atoms with van der Waals surface area (Å²) in [5.41, 5.74) is 8.03. The molecule has 0 radical (unpaired) electrons. The number of nitrogens with two attached hydrogens (primary N) is 1. The molecular weight excluding hydrogens is 281 g/mol. The predicted octanol–water partition coefficient (Wildman–Crippen LogP) is 4.23. The van der Waals surface area contributed by atoms with Crippen LogP contribution in [-0.2, 0) is 0 Å². The van der Waals surface area contributed by atoms with E-state index in [-0.39, 0.29) is 6.04 Å². The highest BCUT2D eigenvalue weighted by molar-refractivity contribution is 6.35. The molecule has 102 valence electrons. The van der Waals surface area contributed by atoms with Crippen molar-refractivity contribution < 1.29 is 0 Å². The third kappa shape index (κ3) is 3.30. The highest BCUT2D eigenvalue weighted by Gasteiger charge is 2.15. The first kappa shape index (κ1) is 14.4. The summed E-state index contributed by atoms with van der Waals surface area (Å²) >= 11 is 12.1. The molecule has 1 aromatic carbocycles. The number of benzene rings is 1. The lowest BCUT2D eigenvalue weighted by atomic mass is 10.0. The van der Waals surface area contributed by atoms with Gasteiger partial charge in [0.1, 0.15) is 0 Å². The standard InChI is InChI=1S/C14H17Cl2N3/c1-9(2)5-12(17)14-7-18-8-19(14)13-4-3-10(15)6-11(13)16/h3-4,6-9,12H,5,17H2,1-2H3. The fourth-order valence-corrected chi connectivity index (χ4v) is 2.59. The molecule has 0 spiro atoms. The molecule has 3 nitrogen and oxygen atoms in total. The van der Waals surface area contributed by atoms with Crippen LogP contribution in [0.1, 0.15) is 32.0 Å². The van der Waals surface area contributed by atoms with E-state index in [9.17, 15) is 0 Å². The lowest BCUT2D eigenvalue weighted by Gasteiger charge is -2.17. The van der Waals surface area contributed by atoms with Crippen molar-refractivity contribution in [1.82, 2.24) is 9.55 Å². The van der Waals surface area contributed by atoms with E-state index in [1.54, 1.807) is 24.7 Å². The van der Waals surface area contributed by atoms with E-state index in [0.717, 1.165) is 17.8 Å². The van der Waals surface area contributed by atoms with Crippen LogP contribution in [0, 0.1) is 5.92 Å².